The van der Waals surface area contributed by atoms with Crippen LogP contribution in [0.15, 0.2) is 41.5 Å². The molecule has 0 aliphatic rings. The number of carboxylic acid groups (broad SMARTS) is 1. The third kappa shape index (κ3) is 3.23. The maximum atomic E-state index is 11.8. The molecule has 2 N–H and O–H groups in total. The zero-order chi connectivity index (χ0) is 14.5. The number of aromatic nitrogens is 2. The van der Waals surface area contributed by atoms with Gasteiger partial charge in [-0.3, -0.25) is 9.59 Å². The molecule has 0 saturated heterocycles. The predicted molar refractivity (Wildman–Crippen MR) is 74.6 cm³/mol. The van der Waals surface area contributed by atoms with Gasteiger partial charge in [0.1, 0.15) is 0 Å². The van der Waals surface area contributed by atoms with E-state index in [1.54, 1.807) is 25.4 Å². The van der Waals surface area contributed by atoms with Crippen LogP contribution < -0.4 is 10.9 Å². The van der Waals surface area contributed by atoms with Crippen LogP contribution in [-0.4, -0.2) is 20.6 Å². The molecule has 2 rings (SSSR count). The van der Waals surface area contributed by atoms with E-state index in [2.05, 4.69) is 10.3 Å². The van der Waals surface area contributed by atoms with Crippen LogP contribution in [0.1, 0.15) is 11.1 Å². The summed E-state index contributed by atoms with van der Waals surface area (Å²) < 4.78 is 1.43. The number of nitrogens with one attached hydrogen (secondary N) is 1. The van der Waals surface area contributed by atoms with Gasteiger partial charge in [0.2, 0.25) is 0 Å². The summed E-state index contributed by atoms with van der Waals surface area (Å²) in [6, 6.07) is 7.22. The van der Waals surface area contributed by atoms with Crippen LogP contribution >= 0.6 is 0 Å². The molecule has 0 radical (unpaired) electrons. The molecule has 0 aliphatic carbocycles. The van der Waals surface area contributed by atoms with Gasteiger partial charge >= 0.3 is 5.97 Å². The van der Waals surface area contributed by atoms with Gasteiger partial charge in [-0.15, -0.1) is 0 Å². The zero-order valence-electron chi connectivity index (χ0n) is 11.0. The Hall–Kier alpha value is -2.63. The van der Waals surface area contributed by atoms with Crippen LogP contribution in [0.3, 0.4) is 0 Å². The minimum atomic E-state index is -0.883. The second kappa shape index (κ2) is 6.01. The molecule has 2 aromatic rings. The normalized spacial score (nSPS) is 10.2. The fourth-order valence-corrected chi connectivity index (χ4v) is 1.86. The van der Waals surface area contributed by atoms with E-state index in [0.29, 0.717) is 6.54 Å². The number of hydrogen-bond acceptors (Lipinski definition) is 4. The summed E-state index contributed by atoms with van der Waals surface area (Å²) in [5.74, 6) is -0.633. The van der Waals surface area contributed by atoms with Gasteiger partial charge in [0.25, 0.3) is 5.56 Å². The van der Waals surface area contributed by atoms with Gasteiger partial charge < -0.3 is 15.0 Å². The zero-order valence-corrected chi connectivity index (χ0v) is 11.0. The van der Waals surface area contributed by atoms with Crippen LogP contribution in [-0.2, 0) is 24.8 Å². The highest BCUT2D eigenvalue weighted by molar-refractivity contribution is 5.70. The molecule has 0 aliphatic heterocycles. The van der Waals surface area contributed by atoms with Crippen LogP contribution in [0.2, 0.25) is 0 Å². The average molecular weight is 273 g/mol. The number of benzene rings is 1. The Morgan fingerprint density at radius 3 is 2.75 bits per heavy atom. The third-order valence-electron chi connectivity index (χ3n) is 2.92. The van der Waals surface area contributed by atoms with E-state index in [-0.39, 0.29) is 17.8 Å². The van der Waals surface area contributed by atoms with Crippen molar-refractivity contribution in [1.82, 2.24) is 9.55 Å². The Morgan fingerprint density at radius 2 is 2.05 bits per heavy atom. The fourth-order valence-electron chi connectivity index (χ4n) is 1.86. The highest BCUT2D eigenvalue weighted by Gasteiger charge is 2.07. The number of carbonyl (C=O) groups is 1. The molecule has 1 aromatic carbocycles. The molecule has 104 valence electrons. The van der Waals surface area contributed by atoms with Crippen LogP contribution in [0.4, 0.5) is 5.82 Å². The molecule has 0 amide bonds. The fraction of sp³-hybridized carbons (Fsp3) is 0.214. The van der Waals surface area contributed by atoms with Crippen molar-refractivity contribution in [2.24, 2.45) is 7.05 Å². The van der Waals surface area contributed by atoms with E-state index in [0.717, 1.165) is 11.1 Å². The molecule has 20 heavy (non-hydrogen) atoms. The largest absolute Gasteiger partial charge is 0.481 e. The lowest BCUT2D eigenvalue weighted by Crippen LogP contribution is -2.22. The standard InChI is InChI=1S/C14H15N3O3/c1-17-7-6-15-13(14(17)20)16-9-11-5-3-2-4-10(11)8-12(18)19/h2-7H,8-9H2,1H3,(H,15,16)(H,18,19). The Bertz CT molecular complexity index is 679. The Labute approximate surface area is 115 Å². The molecule has 1 aromatic heterocycles. The molecule has 0 unspecified atom stereocenters. The van der Waals surface area contributed by atoms with Gasteiger partial charge in [0.15, 0.2) is 5.82 Å². The topological polar surface area (TPSA) is 84.2 Å². The average Bonchev–Trinajstić information content (AvgIpc) is 2.41. The number of aliphatic carboxylic acids is 1. The van der Waals surface area contributed by atoms with Gasteiger partial charge in [-0.1, -0.05) is 24.3 Å². The Kier molecular flexibility index (Phi) is 4.14. The van der Waals surface area contributed by atoms with Crippen molar-refractivity contribution in [3.8, 4) is 0 Å². The molecular formula is C14H15N3O3. The quantitative estimate of drug-likeness (QED) is 0.849. The van der Waals surface area contributed by atoms with Crippen molar-refractivity contribution < 1.29 is 9.90 Å². The number of anilines is 1. The monoisotopic (exact) mass is 273 g/mol. The van der Waals surface area contributed by atoms with Crippen molar-refractivity contribution in [2.75, 3.05) is 5.32 Å². The molecular weight excluding hydrogens is 258 g/mol. The van der Waals surface area contributed by atoms with E-state index in [1.807, 2.05) is 12.1 Å². The van der Waals surface area contributed by atoms with E-state index in [4.69, 9.17) is 5.11 Å². The van der Waals surface area contributed by atoms with E-state index < -0.39 is 5.97 Å². The number of nitrogens with zero attached hydrogens (tertiary/aromatic N) is 2. The van der Waals surface area contributed by atoms with Crippen molar-refractivity contribution in [3.63, 3.8) is 0 Å². The number of hydrogen-bond donors (Lipinski definition) is 2. The van der Waals surface area contributed by atoms with E-state index in [1.165, 1.54) is 10.8 Å². The molecule has 6 heteroatoms. The first-order valence-corrected chi connectivity index (χ1v) is 6.12. The second-order valence-corrected chi connectivity index (χ2v) is 4.38. The SMILES string of the molecule is Cn1ccnc(NCc2ccccc2CC(=O)O)c1=O. The maximum Gasteiger partial charge on any atom is 0.307 e. The lowest BCUT2D eigenvalue weighted by molar-refractivity contribution is -0.136. The van der Waals surface area contributed by atoms with Gasteiger partial charge in [-0.05, 0) is 11.1 Å². The van der Waals surface area contributed by atoms with Gasteiger partial charge in [-0.2, -0.15) is 0 Å². The summed E-state index contributed by atoms with van der Waals surface area (Å²) in [4.78, 5) is 26.6. The molecule has 6 nitrogen and oxygen atoms in total. The minimum absolute atomic E-state index is 0.0436. The molecule has 0 fully saturated rings. The summed E-state index contributed by atoms with van der Waals surface area (Å²) in [6.45, 7) is 0.357. The first kappa shape index (κ1) is 13.8. The lowest BCUT2D eigenvalue weighted by atomic mass is 10.0. The number of carboxylic acids is 1. The third-order valence-corrected chi connectivity index (χ3v) is 2.92. The molecule has 0 atom stereocenters. The summed E-state index contributed by atoms with van der Waals surface area (Å²) in [6.07, 6.45) is 3.07. The van der Waals surface area contributed by atoms with Gasteiger partial charge in [-0.25, -0.2) is 4.98 Å². The van der Waals surface area contributed by atoms with Crippen molar-refractivity contribution in [2.45, 2.75) is 13.0 Å². The van der Waals surface area contributed by atoms with Crippen LogP contribution in [0.25, 0.3) is 0 Å². The maximum absolute atomic E-state index is 11.8. The highest BCUT2D eigenvalue weighted by Crippen LogP contribution is 2.11. The summed E-state index contributed by atoms with van der Waals surface area (Å²) in [5.41, 5.74) is 1.34. The number of aryl methyl sites for hydroxylation is 1. The van der Waals surface area contributed by atoms with Crippen molar-refractivity contribution in [3.05, 3.63) is 58.1 Å². The van der Waals surface area contributed by atoms with E-state index in [9.17, 15) is 9.59 Å². The smallest absolute Gasteiger partial charge is 0.307 e. The number of rotatable bonds is 5. The Balaban J connectivity index is 2.17. The van der Waals surface area contributed by atoms with Gasteiger partial charge in [0.05, 0.1) is 6.42 Å². The molecule has 0 saturated carbocycles. The lowest BCUT2D eigenvalue weighted by Gasteiger charge is -2.09. The minimum Gasteiger partial charge on any atom is -0.481 e. The molecule has 1 heterocycles. The Morgan fingerprint density at radius 1 is 1.35 bits per heavy atom. The predicted octanol–water partition coefficient (Wildman–Crippen LogP) is 1.02. The molecule has 0 bridgehead atoms. The highest BCUT2D eigenvalue weighted by atomic mass is 16.4. The van der Waals surface area contributed by atoms with Crippen molar-refractivity contribution in [1.29, 1.82) is 0 Å². The summed E-state index contributed by atoms with van der Waals surface area (Å²) >= 11 is 0. The van der Waals surface area contributed by atoms with E-state index >= 15 is 0 Å². The summed E-state index contributed by atoms with van der Waals surface area (Å²) in [7, 11) is 1.65. The van der Waals surface area contributed by atoms with Crippen molar-refractivity contribution >= 4 is 11.8 Å². The first-order valence-electron chi connectivity index (χ1n) is 6.12. The first-order chi connectivity index (χ1) is 9.58. The second-order valence-electron chi connectivity index (χ2n) is 4.38. The molecule has 0 spiro atoms. The van der Waals surface area contributed by atoms with Crippen LogP contribution in [0.5, 0.6) is 0 Å². The van der Waals surface area contributed by atoms with Crippen LogP contribution in [0, 0.1) is 0 Å². The summed E-state index contributed by atoms with van der Waals surface area (Å²) in [5, 5.41) is 11.8. The van der Waals surface area contributed by atoms with Gasteiger partial charge in [0, 0.05) is 26.0 Å².